The van der Waals surface area contributed by atoms with E-state index in [1.54, 1.807) is 0 Å². The highest BCUT2D eigenvalue weighted by atomic mass is 35.5. The average molecular weight is 223 g/mol. The van der Waals surface area contributed by atoms with Crippen molar-refractivity contribution < 1.29 is 18.0 Å². The van der Waals surface area contributed by atoms with Crippen LogP contribution in [-0.4, -0.2) is 12.0 Å². The van der Waals surface area contributed by atoms with Crippen LogP contribution in [0.2, 0.25) is 5.02 Å². The van der Waals surface area contributed by atoms with E-state index < -0.39 is 17.5 Å². The summed E-state index contributed by atoms with van der Waals surface area (Å²) in [5.74, 6) is -1.90. The molecule has 1 rings (SSSR count). The fourth-order valence-corrected chi connectivity index (χ4v) is 1.37. The molecule has 0 aromatic heterocycles. The van der Waals surface area contributed by atoms with E-state index in [4.69, 9.17) is 11.6 Å². The average Bonchev–Trinajstić information content (AvgIpc) is 2.01. The summed E-state index contributed by atoms with van der Waals surface area (Å²) in [5.41, 5.74) is -0.249. The van der Waals surface area contributed by atoms with Crippen LogP contribution < -0.4 is 0 Å². The van der Waals surface area contributed by atoms with Gasteiger partial charge >= 0.3 is 6.18 Å². The number of rotatable bonds is 1. The Balaban J connectivity index is 3.26. The maximum Gasteiger partial charge on any atom is 0.454 e. The van der Waals surface area contributed by atoms with E-state index in [-0.39, 0.29) is 10.6 Å². The van der Waals surface area contributed by atoms with Gasteiger partial charge in [0, 0.05) is 5.56 Å². The largest absolute Gasteiger partial charge is 0.454 e. The molecule has 0 saturated heterocycles. The second-order valence-corrected chi connectivity index (χ2v) is 3.17. The zero-order valence-electron chi connectivity index (χ0n) is 7.15. The van der Waals surface area contributed by atoms with Crippen LogP contribution in [0.1, 0.15) is 15.9 Å². The van der Waals surface area contributed by atoms with Gasteiger partial charge in [0.2, 0.25) is 0 Å². The summed E-state index contributed by atoms with van der Waals surface area (Å²) in [6.45, 7) is 1.41. The molecule has 5 heteroatoms. The van der Waals surface area contributed by atoms with Gasteiger partial charge < -0.3 is 0 Å². The number of carbonyl (C=O) groups is 1. The molecule has 0 aliphatic rings. The Kier molecular flexibility index (Phi) is 2.85. The van der Waals surface area contributed by atoms with Crippen LogP contribution in [0.25, 0.3) is 0 Å². The van der Waals surface area contributed by atoms with Gasteiger partial charge in [-0.15, -0.1) is 0 Å². The first-order valence-electron chi connectivity index (χ1n) is 3.70. The number of Topliss-reactive ketones (excluding diaryl/α,β-unsaturated/α-hetero) is 1. The number of ketones is 1. The molecule has 14 heavy (non-hydrogen) atoms. The fraction of sp³-hybridized carbons (Fsp3) is 0.222. The Labute approximate surface area is 83.5 Å². The molecule has 0 heterocycles. The number of hydrogen-bond acceptors (Lipinski definition) is 1. The number of hydrogen-bond donors (Lipinski definition) is 0. The summed E-state index contributed by atoms with van der Waals surface area (Å²) in [7, 11) is 0. The monoisotopic (exact) mass is 222 g/mol. The van der Waals surface area contributed by atoms with Crippen molar-refractivity contribution in [3.8, 4) is 0 Å². The van der Waals surface area contributed by atoms with E-state index in [0.717, 1.165) is 0 Å². The molecular formula is C9H6ClF3O. The zero-order valence-corrected chi connectivity index (χ0v) is 7.91. The van der Waals surface area contributed by atoms with Gasteiger partial charge in [-0.1, -0.05) is 23.7 Å². The van der Waals surface area contributed by atoms with Crippen molar-refractivity contribution in [2.24, 2.45) is 0 Å². The van der Waals surface area contributed by atoms with Crippen molar-refractivity contribution in [1.82, 2.24) is 0 Å². The van der Waals surface area contributed by atoms with Crippen molar-refractivity contribution in [3.05, 3.63) is 34.3 Å². The fourth-order valence-electron chi connectivity index (χ4n) is 1.06. The maximum atomic E-state index is 12.1. The number of benzene rings is 1. The molecule has 76 valence electrons. The second-order valence-electron chi connectivity index (χ2n) is 2.76. The van der Waals surface area contributed by atoms with E-state index in [9.17, 15) is 18.0 Å². The van der Waals surface area contributed by atoms with Crippen molar-refractivity contribution in [2.45, 2.75) is 13.1 Å². The third-order valence-corrected chi connectivity index (χ3v) is 2.02. The van der Waals surface area contributed by atoms with Gasteiger partial charge in [-0.2, -0.15) is 13.2 Å². The smallest absolute Gasteiger partial charge is 0.284 e. The number of aryl methyl sites for hydroxylation is 1. The number of alkyl halides is 3. The molecule has 0 radical (unpaired) electrons. The van der Waals surface area contributed by atoms with Crippen LogP contribution in [0.5, 0.6) is 0 Å². The minimum atomic E-state index is -4.88. The van der Waals surface area contributed by atoms with Gasteiger partial charge in [-0.25, -0.2) is 0 Å². The lowest BCUT2D eigenvalue weighted by atomic mass is 10.0. The highest BCUT2D eigenvalue weighted by Crippen LogP contribution is 2.28. The molecule has 0 saturated carbocycles. The van der Waals surface area contributed by atoms with Crippen molar-refractivity contribution in [1.29, 1.82) is 0 Å². The Morgan fingerprint density at radius 2 is 1.93 bits per heavy atom. The van der Waals surface area contributed by atoms with E-state index in [2.05, 4.69) is 0 Å². The standard InChI is InChI=1S/C9H6ClF3O/c1-5-3-2-4-6(10)7(5)8(14)9(11,12)13/h2-4H,1H3. The third-order valence-electron chi connectivity index (χ3n) is 1.71. The topological polar surface area (TPSA) is 17.1 Å². The summed E-state index contributed by atoms with van der Waals surface area (Å²) in [5, 5.41) is -0.174. The van der Waals surface area contributed by atoms with Crippen molar-refractivity contribution in [2.75, 3.05) is 0 Å². The molecule has 0 unspecified atom stereocenters. The molecule has 0 aliphatic carbocycles. The first-order valence-corrected chi connectivity index (χ1v) is 4.08. The van der Waals surface area contributed by atoms with Crippen molar-refractivity contribution in [3.63, 3.8) is 0 Å². The second kappa shape index (κ2) is 3.61. The Hall–Kier alpha value is -1.03. The highest BCUT2D eigenvalue weighted by molar-refractivity contribution is 6.34. The summed E-state index contributed by atoms with van der Waals surface area (Å²) < 4.78 is 36.3. The summed E-state index contributed by atoms with van der Waals surface area (Å²) >= 11 is 5.51. The van der Waals surface area contributed by atoms with Crippen LogP contribution in [0.15, 0.2) is 18.2 Å². The molecular weight excluding hydrogens is 217 g/mol. The predicted molar refractivity (Wildman–Crippen MR) is 46.6 cm³/mol. The lowest BCUT2D eigenvalue weighted by molar-refractivity contribution is -0.0885. The van der Waals surface area contributed by atoms with Crippen LogP contribution in [0.4, 0.5) is 13.2 Å². The van der Waals surface area contributed by atoms with Crippen LogP contribution in [0, 0.1) is 6.92 Å². The van der Waals surface area contributed by atoms with E-state index in [1.807, 2.05) is 0 Å². The molecule has 1 nitrogen and oxygen atoms in total. The van der Waals surface area contributed by atoms with E-state index in [0.29, 0.717) is 0 Å². The molecule has 0 spiro atoms. The third kappa shape index (κ3) is 2.07. The van der Waals surface area contributed by atoms with Crippen molar-refractivity contribution >= 4 is 17.4 Å². The normalized spacial score (nSPS) is 11.5. The quantitative estimate of drug-likeness (QED) is 0.666. The van der Waals surface area contributed by atoms with Gasteiger partial charge in [0.1, 0.15) is 0 Å². The first kappa shape index (κ1) is 11.0. The van der Waals surface area contributed by atoms with Crippen LogP contribution in [-0.2, 0) is 0 Å². The van der Waals surface area contributed by atoms with Gasteiger partial charge in [-0.05, 0) is 18.6 Å². The minimum absolute atomic E-state index is 0.174. The van der Waals surface area contributed by atoms with Gasteiger partial charge in [-0.3, -0.25) is 4.79 Å². The predicted octanol–water partition coefficient (Wildman–Crippen LogP) is 3.39. The molecule has 1 aromatic rings. The van der Waals surface area contributed by atoms with Gasteiger partial charge in [0.25, 0.3) is 5.78 Å². The first-order chi connectivity index (χ1) is 6.34. The molecule has 1 aromatic carbocycles. The summed E-state index contributed by atoms with van der Waals surface area (Å²) in [4.78, 5) is 10.9. The molecule has 0 N–H and O–H groups in total. The van der Waals surface area contributed by atoms with Crippen LogP contribution >= 0.6 is 11.6 Å². The van der Waals surface area contributed by atoms with E-state index >= 15 is 0 Å². The lowest BCUT2D eigenvalue weighted by Gasteiger charge is -2.09. The number of halogens is 4. The number of carbonyl (C=O) groups excluding carboxylic acids is 1. The lowest BCUT2D eigenvalue weighted by Crippen LogP contribution is -2.23. The Morgan fingerprint density at radius 3 is 2.36 bits per heavy atom. The maximum absolute atomic E-state index is 12.1. The molecule has 0 bridgehead atoms. The minimum Gasteiger partial charge on any atom is -0.284 e. The van der Waals surface area contributed by atoms with Crippen LogP contribution in [0.3, 0.4) is 0 Å². The zero-order chi connectivity index (χ0) is 10.9. The van der Waals surface area contributed by atoms with Gasteiger partial charge in [0.05, 0.1) is 5.02 Å². The SMILES string of the molecule is Cc1cccc(Cl)c1C(=O)C(F)(F)F. The molecule has 0 amide bonds. The molecule has 0 atom stereocenters. The summed E-state index contributed by atoms with van der Waals surface area (Å²) in [6, 6.07) is 4.16. The van der Waals surface area contributed by atoms with Gasteiger partial charge in [0.15, 0.2) is 0 Å². The molecule has 0 aliphatic heterocycles. The highest BCUT2D eigenvalue weighted by Gasteiger charge is 2.40. The Bertz CT molecular complexity index is 351. The molecule has 0 fully saturated rings. The van der Waals surface area contributed by atoms with E-state index in [1.165, 1.54) is 25.1 Å². The Morgan fingerprint density at radius 1 is 1.36 bits per heavy atom. The summed E-state index contributed by atoms with van der Waals surface area (Å²) in [6.07, 6.45) is -4.88.